The lowest BCUT2D eigenvalue weighted by Gasteiger charge is -2.12. The molecule has 0 spiro atoms. The number of aliphatic hydroxyl groups excluding tert-OH is 1. The first-order valence-corrected chi connectivity index (χ1v) is 6.45. The van der Waals surface area contributed by atoms with E-state index in [1.165, 1.54) is 0 Å². The normalized spacial score (nSPS) is 13.0. The van der Waals surface area contributed by atoms with Gasteiger partial charge in [0.1, 0.15) is 0 Å². The highest BCUT2D eigenvalue weighted by atomic mass is 35.5. The van der Waals surface area contributed by atoms with Gasteiger partial charge in [-0.25, -0.2) is 0 Å². The van der Waals surface area contributed by atoms with Gasteiger partial charge in [0.15, 0.2) is 0 Å². The predicted octanol–water partition coefficient (Wildman–Crippen LogP) is 2.19. The van der Waals surface area contributed by atoms with E-state index in [2.05, 4.69) is 5.10 Å². The predicted molar refractivity (Wildman–Crippen MR) is 68.5 cm³/mol. The number of hydrogen-bond acceptors (Lipinski definition) is 3. The minimum Gasteiger partial charge on any atom is -0.390 e. The number of hydrogen-bond donors (Lipinski definition) is 1. The molecule has 0 radical (unpaired) electrons. The minimum atomic E-state index is -0.527. The Hall–Kier alpha value is -0.580. The third-order valence-corrected chi connectivity index (χ3v) is 3.03. The summed E-state index contributed by atoms with van der Waals surface area (Å²) < 4.78 is 7.15. The number of ether oxygens (including phenoxy) is 1. The van der Waals surface area contributed by atoms with E-state index in [1.54, 1.807) is 0 Å². The maximum Gasteiger partial charge on any atom is 0.0848 e. The van der Waals surface area contributed by atoms with Crippen LogP contribution in [0.25, 0.3) is 0 Å². The van der Waals surface area contributed by atoms with Gasteiger partial charge in [-0.15, -0.1) is 0 Å². The maximum atomic E-state index is 9.86. The van der Waals surface area contributed by atoms with Crippen molar-refractivity contribution in [2.75, 3.05) is 13.2 Å². The summed E-state index contributed by atoms with van der Waals surface area (Å²) in [6.45, 7) is 7.70. The van der Waals surface area contributed by atoms with E-state index in [4.69, 9.17) is 16.3 Å². The lowest BCUT2D eigenvalue weighted by atomic mass is 10.2. The average molecular weight is 261 g/mol. The maximum absolute atomic E-state index is 9.86. The van der Waals surface area contributed by atoms with Crippen molar-refractivity contribution in [3.63, 3.8) is 0 Å². The fourth-order valence-electron chi connectivity index (χ4n) is 1.71. The van der Waals surface area contributed by atoms with Crippen LogP contribution in [0.2, 0.25) is 5.02 Å². The molecule has 0 aliphatic rings. The molecule has 0 amide bonds. The van der Waals surface area contributed by atoms with Crippen molar-refractivity contribution in [1.82, 2.24) is 9.78 Å². The average Bonchev–Trinajstić information content (AvgIpc) is 2.57. The Bertz CT molecular complexity index is 353. The largest absolute Gasteiger partial charge is 0.390 e. The van der Waals surface area contributed by atoms with Crippen molar-refractivity contribution in [2.45, 2.75) is 46.3 Å². The van der Waals surface area contributed by atoms with Crippen molar-refractivity contribution < 1.29 is 9.84 Å². The molecule has 0 aliphatic carbocycles. The molecular formula is C12H21ClN2O2. The molecule has 0 saturated carbocycles. The van der Waals surface area contributed by atoms with Gasteiger partial charge in [-0.05, 0) is 20.3 Å². The third-order valence-electron chi connectivity index (χ3n) is 2.54. The van der Waals surface area contributed by atoms with E-state index >= 15 is 0 Å². The highest BCUT2D eigenvalue weighted by molar-refractivity contribution is 6.31. The van der Waals surface area contributed by atoms with Crippen LogP contribution in [0.3, 0.4) is 0 Å². The molecule has 1 N–H and O–H groups in total. The highest BCUT2D eigenvalue weighted by Crippen LogP contribution is 2.21. The first-order chi connectivity index (χ1) is 8.10. The van der Waals surface area contributed by atoms with Gasteiger partial charge in [-0.1, -0.05) is 18.5 Å². The van der Waals surface area contributed by atoms with Crippen LogP contribution in [0.4, 0.5) is 0 Å². The van der Waals surface area contributed by atoms with Gasteiger partial charge < -0.3 is 9.84 Å². The van der Waals surface area contributed by atoms with Gasteiger partial charge >= 0.3 is 0 Å². The van der Waals surface area contributed by atoms with Crippen molar-refractivity contribution >= 4 is 11.6 Å². The Morgan fingerprint density at radius 3 is 2.76 bits per heavy atom. The zero-order valence-electron chi connectivity index (χ0n) is 10.7. The second-order valence-corrected chi connectivity index (χ2v) is 4.47. The molecule has 0 saturated heterocycles. The molecule has 1 atom stereocenters. The number of aromatic nitrogens is 2. The summed E-state index contributed by atoms with van der Waals surface area (Å²) in [5.74, 6) is 0. The van der Waals surface area contributed by atoms with Crippen molar-refractivity contribution in [3.05, 3.63) is 16.4 Å². The standard InChI is InChI=1S/C12H21ClN2O2/c1-4-6-17-8-10(16)7-11-12(13)9(3)14-15(11)5-2/h10,16H,4-8H2,1-3H3. The van der Waals surface area contributed by atoms with Crippen molar-refractivity contribution in [2.24, 2.45) is 0 Å². The number of nitrogens with zero attached hydrogens (tertiary/aromatic N) is 2. The SMILES string of the molecule is CCCOCC(O)Cc1c(Cl)c(C)nn1CC. The van der Waals surface area contributed by atoms with Crippen molar-refractivity contribution in [1.29, 1.82) is 0 Å². The van der Waals surface area contributed by atoms with Crippen LogP contribution in [0.5, 0.6) is 0 Å². The topological polar surface area (TPSA) is 47.3 Å². The lowest BCUT2D eigenvalue weighted by molar-refractivity contribution is 0.0364. The highest BCUT2D eigenvalue weighted by Gasteiger charge is 2.16. The Morgan fingerprint density at radius 2 is 2.18 bits per heavy atom. The fourth-order valence-corrected chi connectivity index (χ4v) is 1.92. The molecule has 17 heavy (non-hydrogen) atoms. The first-order valence-electron chi connectivity index (χ1n) is 6.07. The molecule has 98 valence electrons. The molecule has 1 aromatic heterocycles. The summed E-state index contributed by atoms with van der Waals surface area (Å²) in [4.78, 5) is 0. The molecule has 5 heteroatoms. The van der Waals surface area contributed by atoms with Crippen molar-refractivity contribution in [3.8, 4) is 0 Å². The molecule has 4 nitrogen and oxygen atoms in total. The Morgan fingerprint density at radius 1 is 1.47 bits per heavy atom. The molecule has 1 rings (SSSR count). The van der Waals surface area contributed by atoms with Gasteiger partial charge in [-0.3, -0.25) is 4.68 Å². The van der Waals surface area contributed by atoms with E-state index in [9.17, 15) is 5.11 Å². The van der Waals surface area contributed by atoms with E-state index in [-0.39, 0.29) is 0 Å². The van der Waals surface area contributed by atoms with Crippen LogP contribution in [-0.2, 0) is 17.7 Å². The molecule has 1 unspecified atom stereocenters. The molecule has 1 heterocycles. The Balaban J connectivity index is 2.60. The van der Waals surface area contributed by atoms with Gasteiger partial charge in [0, 0.05) is 19.6 Å². The summed E-state index contributed by atoms with van der Waals surface area (Å²) >= 11 is 6.16. The van der Waals surface area contributed by atoms with Gasteiger partial charge in [0.25, 0.3) is 0 Å². The zero-order valence-corrected chi connectivity index (χ0v) is 11.5. The summed E-state index contributed by atoms with van der Waals surface area (Å²) in [6, 6.07) is 0. The molecule has 0 fully saturated rings. The molecular weight excluding hydrogens is 240 g/mol. The fraction of sp³-hybridized carbons (Fsp3) is 0.750. The summed E-state index contributed by atoms with van der Waals surface area (Å²) in [6.07, 6.45) is 0.914. The van der Waals surface area contributed by atoms with E-state index in [0.29, 0.717) is 24.7 Å². The second-order valence-electron chi connectivity index (χ2n) is 4.09. The summed E-state index contributed by atoms with van der Waals surface area (Å²) in [5, 5.41) is 14.8. The molecule has 0 aromatic carbocycles. The van der Waals surface area contributed by atoms with Crippen LogP contribution in [0, 0.1) is 6.92 Å². The molecule has 0 aliphatic heterocycles. The first kappa shape index (κ1) is 14.5. The number of rotatable bonds is 7. The quantitative estimate of drug-likeness (QED) is 0.765. The van der Waals surface area contributed by atoms with Crippen LogP contribution in [0.15, 0.2) is 0 Å². The van der Waals surface area contributed by atoms with Crippen LogP contribution < -0.4 is 0 Å². The molecule has 0 bridgehead atoms. The second kappa shape index (κ2) is 6.99. The monoisotopic (exact) mass is 260 g/mol. The van der Waals surface area contributed by atoms with Crippen LogP contribution in [-0.4, -0.2) is 34.2 Å². The van der Waals surface area contributed by atoms with E-state index < -0.39 is 6.10 Å². The van der Waals surface area contributed by atoms with Gasteiger partial charge in [-0.2, -0.15) is 5.10 Å². The Labute approximate surface area is 108 Å². The van der Waals surface area contributed by atoms with E-state index in [0.717, 1.165) is 24.4 Å². The number of aryl methyl sites for hydroxylation is 2. The summed E-state index contributed by atoms with van der Waals surface area (Å²) in [7, 11) is 0. The zero-order chi connectivity index (χ0) is 12.8. The lowest BCUT2D eigenvalue weighted by Crippen LogP contribution is -2.20. The van der Waals surface area contributed by atoms with Gasteiger partial charge in [0.2, 0.25) is 0 Å². The Kier molecular flexibility index (Phi) is 5.95. The molecule has 1 aromatic rings. The number of aliphatic hydroxyl groups is 1. The smallest absolute Gasteiger partial charge is 0.0848 e. The summed E-state index contributed by atoms with van der Waals surface area (Å²) in [5.41, 5.74) is 1.70. The minimum absolute atomic E-state index is 0.345. The van der Waals surface area contributed by atoms with Crippen LogP contribution in [0.1, 0.15) is 31.7 Å². The number of halogens is 1. The van der Waals surface area contributed by atoms with Crippen LogP contribution >= 0.6 is 11.6 Å². The van der Waals surface area contributed by atoms with Gasteiger partial charge in [0.05, 0.1) is 29.1 Å². The van der Waals surface area contributed by atoms with E-state index in [1.807, 2.05) is 25.5 Å². The third kappa shape index (κ3) is 3.98.